The molecule has 4 nitrogen and oxygen atoms in total. The molecule has 0 bridgehead atoms. The number of anilines is 1. The van der Waals surface area contributed by atoms with Gasteiger partial charge in [-0.15, -0.1) is 0 Å². The minimum absolute atomic E-state index is 0.768. The van der Waals surface area contributed by atoms with E-state index in [2.05, 4.69) is 51.8 Å². The van der Waals surface area contributed by atoms with Crippen molar-refractivity contribution in [3.63, 3.8) is 0 Å². The van der Waals surface area contributed by atoms with Crippen LogP contribution in [0.3, 0.4) is 0 Å². The summed E-state index contributed by atoms with van der Waals surface area (Å²) in [6, 6.07) is 18.5. The summed E-state index contributed by atoms with van der Waals surface area (Å²) in [7, 11) is 0. The van der Waals surface area contributed by atoms with Gasteiger partial charge >= 0.3 is 0 Å². The van der Waals surface area contributed by atoms with Crippen molar-refractivity contribution in [2.75, 3.05) is 5.32 Å². The lowest BCUT2D eigenvalue weighted by atomic mass is 10.1. The fourth-order valence-corrected chi connectivity index (χ4v) is 2.66. The van der Waals surface area contributed by atoms with Crippen LogP contribution in [0, 0.1) is 6.92 Å². The van der Waals surface area contributed by atoms with Gasteiger partial charge in [-0.25, -0.2) is 4.99 Å². The third-order valence-electron chi connectivity index (χ3n) is 3.47. The van der Waals surface area contributed by atoms with Gasteiger partial charge < -0.3 is 10.6 Å². The van der Waals surface area contributed by atoms with E-state index in [1.807, 2.05) is 43.5 Å². The lowest BCUT2D eigenvalue weighted by molar-refractivity contribution is 0.808. The molecule has 3 rings (SSSR count). The summed E-state index contributed by atoms with van der Waals surface area (Å²) < 4.78 is 0. The molecule has 1 aliphatic rings. The maximum absolute atomic E-state index is 4.38. The zero-order chi connectivity index (χ0) is 16.8. The number of benzene rings is 2. The van der Waals surface area contributed by atoms with Gasteiger partial charge in [0.25, 0.3) is 0 Å². The van der Waals surface area contributed by atoms with Gasteiger partial charge in [-0.05, 0) is 43.3 Å². The summed E-state index contributed by atoms with van der Waals surface area (Å²) in [5, 5.41) is 8.24. The van der Waals surface area contributed by atoms with Crippen LogP contribution < -0.4 is 10.6 Å². The SMILES string of the molecule is C/C(=C/N=C1N=C(Nc2ccccc2)S1)NCc1ccc(C)cc1. The van der Waals surface area contributed by atoms with Crippen molar-refractivity contribution in [3.05, 3.63) is 77.6 Å². The molecule has 122 valence electrons. The molecule has 0 saturated carbocycles. The second-order valence-corrected chi connectivity index (χ2v) is 6.53. The normalized spacial score (nSPS) is 15.7. The highest BCUT2D eigenvalue weighted by Gasteiger charge is 2.16. The van der Waals surface area contributed by atoms with Gasteiger partial charge in [0.2, 0.25) is 0 Å². The van der Waals surface area contributed by atoms with E-state index in [1.165, 1.54) is 11.1 Å². The molecule has 1 heterocycles. The Morgan fingerprint density at radius 2 is 1.83 bits per heavy atom. The molecule has 0 saturated heterocycles. The van der Waals surface area contributed by atoms with E-state index in [-0.39, 0.29) is 0 Å². The first-order valence-electron chi connectivity index (χ1n) is 7.82. The number of thioether (sulfide) groups is 1. The van der Waals surface area contributed by atoms with Crippen LogP contribution in [-0.2, 0) is 6.54 Å². The Morgan fingerprint density at radius 3 is 2.54 bits per heavy atom. The Balaban J connectivity index is 1.48. The van der Waals surface area contributed by atoms with Gasteiger partial charge in [-0.2, -0.15) is 4.99 Å². The highest BCUT2D eigenvalue weighted by Crippen LogP contribution is 2.22. The third-order valence-corrected chi connectivity index (χ3v) is 4.24. The highest BCUT2D eigenvalue weighted by molar-refractivity contribution is 8.29. The fourth-order valence-electron chi connectivity index (χ4n) is 2.08. The molecule has 24 heavy (non-hydrogen) atoms. The van der Waals surface area contributed by atoms with E-state index in [0.29, 0.717) is 0 Å². The van der Waals surface area contributed by atoms with Gasteiger partial charge in [-0.3, -0.25) is 0 Å². The number of amidine groups is 2. The summed E-state index contributed by atoms with van der Waals surface area (Å²) in [4.78, 5) is 8.74. The average molecular weight is 336 g/mol. The van der Waals surface area contributed by atoms with Gasteiger partial charge in [0, 0.05) is 24.1 Å². The van der Waals surface area contributed by atoms with Crippen LogP contribution in [0.5, 0.6) is 0 Å². The second-order valence-electron chi connectivity index (χ2n) is 5.57. The Morgan fingerprint density at radius 1 is 1.12 bits per heavy atom. The topological polar surface area (TPSA) is 48.8 Å². The number of aliphatic imine (C=N–C) groups is 2. The van der Waals surface area contributed by atoms with Crippen molar-refractivity contribution in [2.24, 2.45) is 9.98 Å². The van der Waals surface area contributed by atoms with Crippen LogP contribution in [0.2, 0.25) is 0 Å². The molecule has 0 atom stereocenters. The maximum atomic E-state index is 4.38. The molecule has 0 unspecified atom stereocenters. The Hall–Kier alpha value is -2.53. The first-order chi connectivity index (χ1) is 11.7. The van der Waals surface area contributed by atoms with Crippen molar-refractivity contribution in [3.8, 4) is 0 Å². The van der Waals surface area contributed by atoms with E-state index in [1.54, 1.807) is 11.8 Å². The Bertz CT molecular complexity index is 777. The van der Waals surface area contributed by atoms with Crippen LogP contribution >= 0.6 is 11.8 Å². The number of rotatable bonds is 5. The van der Waals surface area contributed by atoms with Crippen LogP contribution in [0.25, 0.3) is 0 Å². The molecule has 2 aromatic carbocycles. The minimum Gasteiger partial charge on any atom is -0.383 e. The molecule has 1 aliphatic heterocycles. The van der Waals surface area contributed by atoms with Crippen molar-refractivity contribution < 1.29 is 0 Å². The number of hydrogen-bond donors (Lipinski definition) is 2. The van der Waals surface area contributed by atoms with Crippen molar-refractivity contribution in [1.82, 2.24) is 5.32 Å². The van der Waals surface area contributed by atoms with E-state index in [0.717, 1.165) is 28.3 Å². The van der Waals surface area contributed by atoms with Crippen LogP contribution in [-0.4, -0.2) is 10.3 Å². The summed E-state index contributed by atoms with van der Waals surface area (Å²) in [5.41, 5.74) is 4.58. The van der Waals surface area contributed by atoms with Crippen molar-refractivity contribution >= 4 is 27.8 Å². The lowest BCUT2D eigenvalue weighted by Crippen LogP contribution is -2.19. The zero-order valence-corrected chi connectivity index (χ0v) is 14.6. The van der Waals surface area contributed by atoms with Crippen LogP contribution in [0.15, 0.2) is 76.5 Å². The number of allylic oxidation sites excluding steroid dienone is 1. The summed E-state index contributed by atoms with van der Waals surface area (Å²) in [6.07, 6.45) is 1.82. The first kappa shape index (κ1) is 16.3. The Labute approximate surface area is 146 Å². The smallest absolute Gasteiger partial charge is 0.197 e. The zero-order valence-electron chi connectivity index (χ0n) is 13.8. The second kappa shape index (κ2) is 7.84. The largest absolute Gasteiger partial charge is 0.383 e. The van der Waals surface area contributed by atoms with Crippen LogP contribution in [0.4, 0.5) is 5.69 Å². The first-order valence-corrected chi connectivity index (χ1v) is 8.63. The standard InChI is InChI=1S/C19H20N4S/c1-14-8-10-16(11-9-14)13-20-15(2)12-21-18-23-19(24-18)22-17-6-4-3-5-7-17/h3-12,20H,13H2,1-2H3,(H,21,22,23)/b15-12-. The molecule has 2 N–H and O–H groups in total. The van der Waals surface area contributed by atoms with E-state index < -0.39 is 0 Å². The van der Waals surface area contributed by atoms with Crippen molar-refractivity contribution in [2.45, 2.75) is 20.4 Å². The van der Waals surface area contributed by atoms with Crippen LogP contribution in [0.1, 0.15) is 18.1 Å². The van der Waals surface area contributed by atoms with Gasteiger partial charge in [0.1, 0.15) is 0 Å². The molecular formula is C19H20N4S. The lowest BCUT2D eigenvalue weighted by Gasteiger charge is -2.15. The summed E-state index contributed by atoms with van der Waals surface area (Å²) in [6.45, 7) is 4.90. The molecule has 5 heteroatoms. The average Bonchev–Trinajstić information content (AvgIpc) is 2.57. The molecular weight excluding hydrogens is 316 g/mol. The number of nitrogens with zero attached hydrogens (tertiary/aromatic N) is 2. The molecule has 0 amide bonds. The summed E-state index contributed by atoms with van der Waals surface area (Å²) >= 11 is 1.54. The van der Waals surface area contributed by atoms with E-state index >= 15 is 0 Å². The highest BCUT2D eigenvalue weighted by atomic mass is 32.2. The molecule has 0 spiro atoms. The number of nitrogens with one attached hydrogen (secondary N) is 2. The molecule has 0 aromatic heterocycles. The number of aryl methyl sites for hydroxylation is 1. The fraction of sp³-hybridized carbons (Fsp3) is 0.158. The summed E-state index contributed by atoms with van der Waals surface area (Å²) in [5.74, 6) is 0. The van der Waals surface area contributed by atoms with Gasteiger partial charge in [0.15, 0.2) is 10.3 Å². The quantitative estimate of drug-likeness (QED) is 0.844. The molecule has 0 aliphatic carbocycles. The van der Waals surface area contributed by atoms with Crippen molar-refractivity contribution in [1.29, 1.82) is 0 Å². The number of para-hydroxylation sites is 1. The minimum atomic E-state index is 0.768. The predicted octanol–water partition coefficient (Wildman–Crippen LogP) is 4.52. The molecule has 0 fully saturated rings. The third kappa shape index (κ3) is 4.73. The van der Waals surface area contributed by atoms with Gasteiger partial charge in [0.05, 0.1) is 0 Å². The molecule has 2 aromatic rings. The Kier molecular flexibility index (Phi) is 5.33. The monoisotopic (exact) mass is 336 g/mol. The molecule has 0 radical (unpaired) electrons. The van der Waals surface area contributed by atoms with Gasteiger partial charge in [-0.1, -0.05) is 48.0 Å². The maximum Gasteiger partial charge on any atom is 0.197 e. The number of hydrogen-bond acceptors (Lipinski definition) is 4. The van der Waals surface area contributed by atoms with E-state index in [4.69, 9.17) is 0 Å². The predicted molar refractivity (Wildman–Crippen MR) is 104 cm³/mol. The van der Waals surface area contributed by atoms with E-state index in [9.17, 15) is 0 Å².